The summed E-state index contributed by atoms with van der Waals surface area (Å²) in [6.07, 6.45) is 5.68. The standard InChI is InChI=1S/C15H19BrN2/c1-15(2,3)10-4-6-12-13(8-10)18-9-11(16)5-7-14(18)17-12/h5,7,9-10H,4,6,8H2,1-3H3. The SMILES string of the molecule is CC(C)(C)C1CCc2nc3ccc(Br)cn3c2C1. The van der Waals surface area contributed by atoms with Crippen molar-refractivity contribution in [3.63, 3.8) is 0 Å². The fourth-order valence-electron chi connectivity index (χ4n) is 2.92. The fraction of sp³-hybridized carbons (Fsp3) is 0.533. The Balaban J connectivity index is 2.08. The first-order chi connectivity index (χ1) is 8.45. The molecule has 3 heteroatoms. The van der Waals surface area contributed by atoms with Gasteiger partial charge in [0.1, 0.15) is 5.65 Å². The van der Waals surface area contributed by atoms with Gasteiger partial charge < -0.3 is 4.40 Å². The molecule has 0 radical (unpaired) electrons. The van der Waals surface area contributed by atoms with Gasteiger partial charge in [-0.3, -0.25) is 0 Å². The van der Waals surface area contributed by atoms with E-state index in [4.69, 9.17) is 4.98 Å². The van der Waals surface area contributed by atoms with Crippen LogP contribution < -0.4 is 0 Å². The van der Waals surface area contributed by atoms with Crippen LogP contribution in [0.3, 0.4) is 0 Å². The number of aromatic nitrogens is 2. The summed E-state index contributed by atoms with van der Waals surface area (Å²) in [5, 5.41) is 0. The molecule has 0 bridgehead atoms. The van der Waals surface area contributed by atoms with Crippen LogP contribution in [0.4, 0.5) is 0 Å². The van der Waals surface area contributed by atoms with Crippen molar-refractivity contribution in [2.24, 2.45) is 11.3 Å². The Labute approximate surface area is 117 Å². The van der Waals surface area contributed by atoms with Crippen LogP contribution in [0.15, 0.2) is 22.8 Å². The lowest BCUT2D eigenvalue weighted by molar-refractivity contribution is 0.213. The third kappa shape index (κ3) is 1.99. The van der Waals surface area contributed by atoms with E-state index in [0.29, 0.717) is 5.41 Å². The normalized spacial score (nSPS) is 20.1. The molecule has 96 valence electrons. The summed E-state index contributed by atoms with van der Waals surface area (Å²) in [4.78, 5) is 4.75. The lowest BCUT2D eigenvalue weighted by atomic mass is 9.73. The second-order valence-corrected chi connectivity index (χ2v) is 7.30. The molecule has 2 heterocycles. The van der Waals surface area contributed by atoms with Crippen molar-refractivity contribution in [3.8, 4) is 0 Å². The van der Waals surface area contributed by atoms with Crippen molar-refractivity contribution in [3.05, 3.63) is 34.2 Å². The van der Waals surface area contributed by atoms with Gasteiger partial charge in [-0.25, -0.2) is 4.98 Å². The zero-order valence-corrected chi connectivity index (χ0v) is 12.8. The molecule has 0 aliphatic heterocycles. The summed E-state index contributed by atoms with van der Waals surface area (Å²) < 4.78 is 3.38. The van der Waals surface area contributed by atoms with Crippen LogP contribution in [0.1, 0.15) is 38.6 Å². The van der Waals surface area contributed by atoms with Gasteiger partial charge in [0, 0.05) is 16.4 Å². The van der Waals surface area contributed by atoms with E-state index in [2.05, 4.69) is 59.4 Å². The van der Waals surface area contributed by atoms with Crippen molar-refractivity contribution in [1.82, 2.24) is 9.38 Å². The first kappa shape index (κ1) is 12.2. The van der Waals surface area contributed by atoms with Crippen LogP contribution in [0, 0.1) is 11.3 Å². The molecule has 2 nitrogen and oxygen atoms in total. The number of hydrogen-bond acceptors (Lipinski definition) is 1. The summed E-state index contributed by atoms with van der Waals surface area (Å²) in [7, 11) is 0. The number of halogens is 1. The van der Waals surface area contributed by atoms with Crippen LogP contribution in [-0.2, 0) is 12.8 Å². The topological polar surface area (TPSA) is 17.3 Å². The Morgan fingerprint density at radius 1 is 1.33 bits per heavy atom. The predicted octanol–water partition coefficient (Wildman–Crippen LogP) is 4.25. The molecular formula is C15H19BrN2. The van der Waals surface area contributed by atoms with Crippen molar-refractivity contribution < 1.29 is 0 Å². The van der Waals surface area contributed by atoms with E-state index >= 15 is 0 Å². The molecule has 1 atom stereocenters. The van der Waals surface area contributed by atoms with E-state index in [0.717, 1.165) is 28.9 Å². The smallest absolute Gasteiger partial charge is 0.137 e. The lowest BCUT2D eigenvalue weighted by Gasteiger charge is -2.33. The molecule has 0 aromatic carbocycles. The Morgan fingerprint density at radius 3 is 2.83 bits per heavy atom. The first-order valence-electron chi connectivity index (χ1n) is 6.60. The van der Waals surface area contributed by atoms with Crippen molar-refractivity contribution in [2.75, 3.05) is 0 Å². The quantitative estimate of drug-likeness (QED) is 0.711. The number of rotatable bonds is 0. The highest BCUT2D eigenvalue weighted by Gasteiger charge is 2.31. The number of aryl methyl sites for hydroxylation is 1. The predicted molar refractivity (Wildman–Crippen MR) is 77.9 cm³/mol. The molecule has 3 rings (SSSR count). The second-order valence-electron chi connectivity index (χ2n) is 6.39. The molecule has 2 aromatic heterocycles. The van der Waals surface area contributed by atoms with Crippen LogP contribution in [0.25, 0.3) is 5.65 Å². The van der Waals surface area contributed by atoms with Gasteiger partial charge in [-0.2, -0.15) is 0 Å². The summed E-state index contributed by atoms with van der Waals surface area (Å²) in [5.74, 6) is 0.754. The highest BCUT2D eigenvalue weighted by atomic mass is 79.9. The minimum atomic E-state index is 0.383. The third-order valence-corrected chi connectivity index (χ3v) is 4.63. The van der Waals surface area contributed by atoms with Crippen LogP contribution in [-0.4, -0.2) is 9.38 Å². The summed E-state index contributed by atoms with van der Waals surface area (Å²) in [5.41, 5.74) is 4.18. The average molecular weight is 307 g/mol. The van der Waals surface area contributed by atoms with Gasteiger partial charge in [0.15, 0.2) is 0 Å². The molecule has 0 fully saturated rings. The first-order valence-corrected chi connectivity index (χ1v) is 7.40. The second kappa shape index (κ2) is 4.09. The molecular weight excluding hydrogens is 288 g/mol. The van der Waals surface area contributed by atoms with Gasteiger partial charge in [0.25, 0.3) is 0 Å². The fourth-order valence-corrected chi connectivity index (χ4v) is 3.25. The summed E-state index contributed by atoms with van der Waals surface area (Å²) in [6, 6.07) is 4.16. The zero-order chi connectivity index (χ0) is 12.9. The monoisotopic (exact) mass is 306 g/mol. The molecule has 1 aliphatic carbocycles. The molecule has 2 aromatic rings. The number of nitrogens with zero attached hydrogens (tertiary/aromatic N) is 2. The average Bonchev–Trinajstić information content (AvgIpc) is 2.65. The molecule has 0 amide bonds. The number of pyridine rings is 1. The minimum Gasteiger partial charge on any atom is -0.303 e. The van der Waals surface area contributed by atoms with Crippen molar-refractivity contribution >= 4 is 21.6 Å². The molecule has 1 aliphatic rings. The highest BCUT2D eigenvalue weighted by molar-refractivity contribution is 9.10. The molecule has 0 saturated carbocycles. The van der Waals surface area contributed by atoms with E-state index in [9.17, 15) is 0 Å². The Kier molecular flexibility index (Phi) is 2.77. The van der Waals surface area contributed by atoms with Crippen LogP contribution in [0.5, 0.6) is 0 Å². The molecule has 1 unspecified atom stereocenters. The maximum absolute atomic E-state index is 4.75. The summed E-state index contributed by atoms with van der Waals surface area (Å²) in [6.45, 7) is 7.05. The number of imidazole rings is 1. The van der Waals surface area contributed by atoms with E-state index in [1.54, 1.807) is 0 Å². The van der Waals surface area contributed by atoms with Crippen molar-refractivity contribution in [2.45, 2.75) is 40.0 Å². The van der Waals surface area contributed by atoms with E-state index in [1.807, 2.05) is 0 Å². The van der Waals surface area contributed by atoms with Crippen LogP contribution in [0.2, 0.25) is 0 Å². The number of fused-ring (bicyclic) bond motifs is 3. The van der Waals surface area contributed by atoms with Gasteiger partial charge in [-0.1, -0.05) is 20.8 Å². The molecule has 0 saturated heterocycles. The van der Waals surface area contributed by atoms with E-state index < -0.39 is 0 Å². The van der Waals surface area contributed by atoms with E-state index in [-0.39, 0.29) is 0 Å². The largest absolute Gasteiger partial charge is 0.303 e. The van der Waals surface area contributed by atoms with Gasteiger partial charge in [0.2, 0.25) is 0 Å². The highest BCUT2D eigenvalue weighted by Crippen LogP contribution is 2.37. The molecule has 0 N–H and O–H groups in total. The Bertz CT molecular complexity index is 592. The van der Waals surface area contributed by atoms with Crippen molar-refractivity contribution in [1.29, 1.82) is 0 Å². The van der Waals surface area contributed by atoms with E-state index in [1.165, 1.54) is 17.8 Å². The van der Waals surface area contributed by atoms with Gasteiger partial charge in [0.05, 0.1) is 5.69 Å². The Hall–Kier alpha value is -0.830. The third-order valence-electron chi connectivity index (χ3n) is 4.16. The zero-order valence-electron chi connectivity index (χ0n) is 11.2. The number of hydrogen-bond donors (Lipinski definition) is 0. The maximum atomic E-state index is 4.75. The molecule has 0 spiro atoms. The maximum Gasteiger partial charge on any atom is 0.137 e. The van der Waals surface area contributed by atoms with Gasteiger partial charge in [-0.15, -0.1) is 0 Å². The summed E-state index contributed by atoms with van der Waals surface area (Å²) >= 11 is 3.55. The van der Waals surface area contributed by atoms with Gasteiger partial charge in [-0.05, 0) is 58.7 Å². The molecule has 18 heavy (non-hydrogen) atoms. The lowest BCUT2D eigenvalue weighted by Crippen LogP contribution is -2.27. The minimum absolute atomic E-state index is 0.383. The van der Waals surface area contributed by atoms with Gasteiger partial charge >= 0.3 is 0 Å². The Morgan fingerprint density at radius 2 is 2.11 bits per heavy atom. The van der Waals surface area contributed by atoms with Crippen LogP contribution >= 0.6 is 15.9 Å².